The van der Waals surface area contributed by atoms with Crippen LogP contribution in [-0.2, 0) is 0 Å². The zero-order chi connectivity index (χ0) is 12.3. The number of hydrogen-bond donors (Lipinski definition) is 2. The molecule has 88 valence electrons. The molecule has 0 unspecified atom stereocenters. The summed E-state index contributed by atoms with van der Waals surface area (Å²) < 4.78 is 27.3. The van der Waals surface area contributed by atoms with Crippen molar-refractivity contribution in [3.8, 4) is 0 Å². The van der Waals surface area contributed by atoms with E-state index in [4.69, 9.17) is 12.2 Å². The first kappa shape index (κ1) is 11.4. The van der Waals surface area contributed by atoms with Crippen LogP contribution in [0.4, 0.5) is 14.5 Å². The van der Waals surface area contributed by atoms with Gasteiger partial charge in [0.2, 0.25) is 0 Å². The van der Waals surface area contributed by atoms with E-state index in [1.165, 1.54) is 23.4 Å². The number of hydrogen-bond acceptors (Lipinski definition) is 3. The monoisotopic (exact) mass is 255 g/mol. The Morgan fingerprint density at radius 2 is 1.94 bits per heavy atom. The first-order valence-electron chi connectivity index (χ1n) is 4.53. The van der Waals surface area contributed by atoms with Crippen molar-refractivity contribution < 1.29 is 8.78 Å². The van der Waals surface area contributed by atoms with Crippen molar-refractivity contribution in [3.63, 3.8) is 0 Å². The summed E-state index contributed by atoms with van der Waals surface area (Å²) in [6, 6.07) is 3.15. The molecule has 1 aromatic carbocycles. The molecule has 2 aromatic rings. The third-order valence-electron chi connectivity index (χ3n) is 1.83. The van der Waals surface area contributed by atoms with Gasteiger partial charge in [0.15, 0.2) is 5.11 Å². The highest BCUT2D eigenvalue weighted by atomic mass is 32.1. The van der Waals surface area contributed by atoms with Gasteiger partial charge in [0.1, 0.15) is 24.3 Å². The molecule has 0 saturated carbocycles. The molecule has 0 saturated heterocycles. The van der Waals surface area contributed by atoms with Crippen molar-refractivity contribution in [2.75, 3.05) is 10.7 Å². The average molecular weight is 255 g/mol. The van der Waals surface area contributed by atoms with Crippen LogP contribution in [-0.4, -0.2) is 20.0 Å². The summed E-state index contributed by atoms with van der Waals surface area (Å²) >= 11 is 4.92. The summed E-state index contributed by atoms with van der Waals surface area (Å²) in [5, 5.41) is 9.81. The van der Waals surface area contributed by atoms with Crippen molar-refractivity contribution >= 4 is 23.0 Å². The van der Waals surface area contributed by atoms with Crippen LogP contribution < -0.4 is 10.7 Å². The number of benzene rings is 1. The van der Waals surface area contributed by atoms with Gasteiger partial charge in [-0.3, -0.25) is 5.43 Å². The second kappa shape index (κ2) is 4.83. The van der Waals surface area contributed by atoms with E-state index < -0.39 is 11.6 Å². The highest BCUT2D eigenvalue weighted by Crippen LogP contribution is 2.14. The fourth-order valence-corrected chi connectivity index (χ4v) is 1.33. The van der Waals surface area contributed by atoms with Crippen molar-refractivity contribution in [1.82, 2.24) is 14.9 Å². The van der Waals surface area contributed by atoms with E-state index in [-0.39, 0.29) is 10.8 Å². The fourth-order valence-electron chi connectivity index (χ4n) is 1.12. The second-order valence-corrected chi connectivity index (χ2v) is 3.47. The Morgan fingerprint density at radius 1 is 1.24 bits per heavy atom. The quantitative estimate of drug-likeness (QED) is 0.796. The van der Waals surface area contributed by atoms with E-state index in [1.54, 1.807) is 0 Å². The maximum Gasteiger partial charge on any atom is 0.190 e. The van der Waals surface area contributed by atoms with Crippen molar-refractivity contribution in [2.24, 2.45) is 0 Å². The minimum atomic E-state index is -0.724. The maximum absolute atomic E-state index is 13.3. The van der Waals surface area contributed by atoms with Gasteiger partial charge in [-0.15, -0.1) is 10.2 Å². The molecule has 0 aliphatic heterocycles. The lowest BCUT2D eigenvalue weighted by molar-refractivity contribution is 0.586. The van der Waals surface area contributed by atoms with E-state index >= 15 is 0 Å². The van der Waals surface area contributed by atoms with Gasteiger partial charge in [-0.2, -0.15) is 0 Å². The maximum atomic E-state index is 13.3. The number of halogens is 2. The number of nitrogens with zero attached hydrogens (tertiary/aromatic N) is 3. The van der Waals surface area contributed by atoms with Crippen LogP contribution in [0.5, 0.6) is 0 Å². The van der Waals surface area contributed by atoms with Crippen molar-refractivity contribution in [1.29, 1.82) is 0 Å². The number of rotatable bonds is 2. The number of nitrogens with one attached hydrogen (secondary N) is 2. The predicted octanol–water partition coefficient (Wildman–Crippen LogP) is 1.50. The molecule has 1 heterocycles. The van der Waals surface area contributed by atoms with Gasteiger partial charge in [0.25, 0.3) is 0 Å². The Bertz CT molecular complexity index is 528. The lowest BCUT2D eigenvalue weighted by atomic mass is 10.3. The summed E-state index contributed by atoms with van der Waals surface area (Å²) in [5.74, 6) is -1.37. The summed E-state index contributed by atoms with van der Waals surface area (Å²) in [7, 11) is 0. The van der Waals surface area contributed by atoms with Gasteiger partial charge in [0, 0.05) is 6.07 Å². The Morgan fingerprint density at radius 3 is 2.59 bits per heavy atom. The molecule has 5 nitrogen and oxygen atoms in total. The summed E-state index contributed by atoms with van der Waals surface area (Å²) in [5.41, 5.74) is 2.74. The second-order valence-electron chi connectivity index (χ2n) is 3.06. The van der Waals surface area contributed by atoms with Crippen LogP contribution in [0.1, 0.15) is 0 Å². The average Bonchev–Trinajstić information content (AvgIpc) is 2.75. The highest BCUT2D eigenvalue weighted by Gasteiger charge is 2.05. The molecule has 0 fully saturated rings. The van der Waals surface area contributed by atoms with Crippen LogP contribution in [0.15, 0.2) is 30.9 Å². The van der Waals surface area contributed by atoms with Gasteiger partial charge in [-0.25, -0.2) is 13.5 Å². The topological polar surface area (TPSA) is 54.8 Å². The lowest BCUT2D eigenvalue weighted by Crippen LogP contribution is -2.26. The van der Waals surface area contributed by atoms with Gasteiger partial charge in [0.05, 0.1) is 5.69 Å². The van der Waals surface area contributed by atoms with Crippen molar-refractivity contribution in [2.45, 2.75) is 0 Å². The first-order valence-corrected chi connectivity index (χ1v) is 4.93. The van der Waals surface area contributed by atoms with E-state index in [1.807, 2.05) is 0 Å². The molecule has 0 radical (unpaired) electrons. The largest absolute Gasteiger partial charge is 0.329 e. The zero-order valence-electron chi connectivity index (χ0n) is 8.39. The minimum absolute atomic E-state index is 0.0805. The smallest absolute Gasteiger partial charge is 0.190 e. The van der Waals surface area contributed by atoms with Crippen LogP contribution in [0, 0.1) is 11.6 Å². The van der Waals surface area contributed by atoms with E-state index in [9.17, 15) is 8.78 Å². The molecule has 1 aromatic heterocycles. The first-order chi connectivity index (χ1) is 8.15. The lowest BCUT2D eigenvalue weighted by Gasteiger charge is -2.10. The zero-order valence-corrected chi connectivity index (χ0v) is 9.21. The number of anilines is 1. The van der Waals surface area contributed by atoms with E-state index in [2.05, 4.69) is 20.9 Å². The van der Waals surface area contributed by atoms with E-state index in [0.29, 0.717) is 0 Å². The van der Waals surface area contributed by atoms with Gasteiger partial charge in [-0.1, -0.05) is 0 Å². The summed E-state index contributed by atoms with van der Waals surface area (Å²) in [4.78, 5) is 0. The molecule has 2 rings (SSSR count). The van der Waals surface area contributed by atoms with Crippen LogP contribution in [0.2, 0.25) is 0 Å². The Balaban J connectivity index is 2.03. The third kappa shape index (κ3) is 2.94. The molecule has 17 heavy (non-hydrogen) atoms. The number of thiocarbonyl (C=S) groups is 1. The standard InChI is InChI=1S/C9H7F2N5S/c10-6-1-2-8(7(11)3-6)14-9(17)15-16-4-12-13-5-16/h1-5H,(H2,14,15,17). The number of aromatic nitrogens is 3. The summed E-state index contributed by atoms with van der Waals surface area (Å²) in [6.45, 7) is 0. The van der Waals surface area contributed by atoms with Crippen molar-refractivity contribution in [3.05, 3.63) is 42.5 Å². The van der Waals surface area contributed by atoms with Gasteiger partial charge in [-0.05, 0) is 24.4 Å². The molecule has 2 N–H and O–H groups in total. The predicted molar refractivity (Wildman–Crippen MR) is 62.0 cm³/mol. The minimum Gasteiger partial charge on any atom is -0.329 e. The SMILES string of the molecule is Fc1ccc(NC(=S)Nn2cnnc2)c(F)c1. The van der Waals surface area contributed by atoms with E-state index in [0.717, 1.165) is 12.1 Å². The molecule has 0 amide bonds. The third-order valence-corrected chi connectivity index (χ3v) is 2.02. The van der Waals surface area contributed by atoms with Gasteiger partial charge >= 0.3 is 0 Å². The Labute approximate surface area is 100 Å². The molecule has 0 bridgehead atoms. The molecule has 0 spiro atoms. The van der Waals surface area contributed by atoms with Crippen LogP contribution in [0.25, 0.3) is 0 Å². The molecular formula is C9H7F2N5S. The van der Waals surface area contributed by atoms with Crippen LogP contribution >= 0.6 is 12.2 Å². The van der Waals surface area contributed by atoms with Gasteiger partial charge < -0.3 is 5.32 Å². The molecular weight excluding hydrogens is 248 g/mol. The highest BCUT2D eigenvalue weighted by molar-refractivity contribution is 7.80. The normalized spacial score (nSPS) is 10.0. The van der Waals surface area contributed by atoms with Crippen LogP contribution in [0.3, 0.4) is 0 Å². The molecule has 0 atom stereocenters. The Kier molecular flexibility index (Phi) is 3.24. The molecule has 8 heteroatoms. The summed E-state index contributed by atoms with van der Waals surface area (Å²) in [6.07, 6.45) is 2.77. The fraction of sp³-hybridized carbons (Fsp3) is 0. The molecule has 0 aliphatic rings. The molecule has 0 aliphatic carbocycles. The Hall–Kier alpha value is -2.09.